The fraction of sp³-hybridized carbons (Fsp3) is 1.00. The molecule has 0 aromatic rings. The molecule has 0 spiro atoms. The predicted octanol–water partition coefficient (Wildman–Crippen LogP) is 0.582. The molecule has 0 aromatic carbocycles. The van der Waals surface area contributed by atoms with Crippen molar-refractivity contribution in [1.29, 1.82) is 0 Å². The Kier molecular flexibility index (Phi) is 5.92. The largest absolute Gasteiger partial charge is 0.642 e. The summed E-state index contributed by atoms with van der Waals surface area (Å²) in [7, 11) is 0. The van der Waals surface area contributed by atoms with Crippen LogP contribution in [0.4, 0.5) is 0 Å². The summed E-state index contributed by atoms with van der Waals surface area (Å²) in [5, 5.41) is 2.61. The van der Waals surface area contributed by atoms with Gasteiger partial charge in [-0.3, -0.25) is 0 Å². The number of rotatable bonds is 3. The zero-order chi connectivity index (χ0) is 5.70. The highest BCUT2D eigenvalue weighted by molar-refractivity contribution is 6.55. The Hall–Kier alpha value is 1.02. The molecule has 0 radical (unpaired) electrons. The quantitative estimate of drug-likeness (QED) is 0.508. The zero-order valence-electron chi connectivity index (χ0n) is 5.40. The van der Waals surface area contributed by atoms with Crippen molar-refractivity contribution in [2.45, 2.75) is 24.4 Å². The maximum atomic E-state index is 5.33. The maximum absolute atomic E-state index is 5.33. The van der Waals surface area contributed by atoms with Crippen LogP contribution in [-0.4, -0.2) is 31.1 Å². The lowest BCUT2D eigenvalue weighted by Crippen LogP contribution is -2.12. The van der Waals surface area contributed by atoms with E-state index in [0.29, 0.717) is 0 Å². The molecule has 0 atom stereocenters. The van der Waals surface area contributed by atoms with Gasteiger partial charge in [-0.1, -0.05) is 24.4 Å². The summed E-state index contributed by atoms with van der Waals surface area (Å²) in [6, 6.07) is 0. The lowest BCUT2D eigenvalue weighted by molar-refractivity contribution is 0.629. The molecule has 0 amide bonds. The van der Waals surface area contributed by atoms with Crippen molar-refractivity contribution in [1.82, 2.24) is 0 Å². The highest BCUT2D eigenvalue weighted by atomic mass is 27.2. The first-order chi connectivity index (χ1) is 3.35. The second-order valence-corrected chi connectivity index (χ2v) is 6.44. The van der Waals surface area contributed by atoms with Crippen LogP contribution in [-0.2, 0) is 2.84 Å². The second-order valence-electron chi connectivity index (χ2n) is 1.67. The lowest BCUT2D eigenvalue weighted by Gasteiger charge is -2.02. The van der Waals surface area contributed by atoms with E-state index in [1.54, 1.807) is 0 Å². The van der Waals surface area contributed by atoms with Gasteiger partial charge in [-0.05, 0) is 0 Å². The Labute approximate surface area is 58.5 Å². The van der Waals surface area contributed by atoms with Crippen LogP contribution in [0.25, 0.3) is 0 Å². The van der Waals surface area contributed by atoms with Gasteiger partial charge in [0.15, 0.2) is 0 Å². The van der Waals surface area contributed by atoms with Crippen molar-refractivity contribution >= 4 is 31.1 Å². The van der Waals surface area contributed by atoms with Gasteiger partial charge in [0.25, 0.3) is 0 Å². The Morgan fingerprint density at radius 3 is 1.86 bits per heavy atom. The molecule has 0 aromatic heterocycles. The molecule has 3 heteroatoms. The van der Waals surface area contributed by atoms with E-state index in [1.807, 2.05) is 0 Å². The molecule has 0 saturated carbocycles. The molecule has 0 saturated heterocycles. The molecule has 0 heterocycles. The molecule has 0 unspecified atom stereocenters. The van der Waals surface area contributed by atoms with Gasteiger partial charge >= 0.3 is 31.1 Å². The summed E-state index contributed by atoms with van der Waals surface area (Å²) < 4.78 is 5.33. The minimum Gasteiger partial charge on any atom is -0.642 e. The molecule has 0 fully saturated rings. The van der Waals surface area contributed by atoms with Crippen LogP contribution in [0.2, 0.25) is 10.6 Å². The van der Waals surface area contributed by atoms with E-state index in [9.17, 15) is 0 Å². The third-order valence-corrected chi connectivity index (χ3v) is 5.73. The van der Waals surface area contributed by atoms with E-state index in [2.05, 4.69) is 13.8 Å². The standard InChI is InChI=1S/2C2H5.2Al.O.2H/c2*1-2;;;;;/h2*1H2,2H3;;;;;. The summed E-state index contributed by atoms with van der Waals surface area (Å²) in [6.07, 6.45) is 0. The van der Waals surface area contributed by atoms with Crippen molar-refractivity contribution in [3.05, 3.63) is 0 Å². The highest BCUT2D eigenvalue weighted by Gasteiger charge is 2.08. The molecular formula is C4H12Al2O. The SMILES string of the molecule is C[CH2][Al]([CH2]C)[O][AlH2]. The smallest absolute Gasteiger partial charge is 0.429 e. The molecule has 0 aliphatic heterocycles. The van der Waals surface area contributed by atoms with Crippen molar-refractivity contribution in [2.75, 3.05) is 0 Å². The first-order valence-corrected chi connectivity index (χ1v) is 5.80. The Morgan fingerprint density at radius 1 is 1.43 bits per heavy atom. The Balaban J connectivity index is 2.99. The minimum atomic E-state index is -0.610. The minimum absolute atomic E-state index is 0.610. The number of hydrogen-bond donors (Lipinski definition) is 0. The monoisotopic (exact) mass is 130 g/mol. The van der Waals surface area contributed by atoms with Gasteiger partial charge in [-0.2, -0.15) is 0 Å². The van der Waals surface area contributed by atoms with Crippen LogP contribution in [0.15, 0.2) is 0 Å². The lowest BCUT2D eigenvalue weighted by atomic mass is 10.9. The van der Waals surface area contributed by atoms with Crippen LogP contribution >= 0.6 is 0 Å². The van der Waals surface area contributed by atoms with Gasteiger partial charge in [0.05, 0.1) is 0 Å². The summed E-state index contributed by atoms with van der Waals surface area (Å²) >= 11 is 0.344. The van der Waals surface area contributed by atoms with E-state index in [-0.39, 0.29) is 0 Å². The van der Waals surface area contributed by atoms with Crippen molar-refractivity contribution < 1.29 is 2.84 Å². The molecule has 0 bridgehead atoms. The summed E-state index contributed by atoms with van der Waals surface area (Å²) in [6.45, 7) is 4.44. The summed E-state index contributed by atoms with van der Waals surface area (Å²) in [5.41, 5.74) is 0. The number of hydrogen-bond acceptors (Lipinski definition) is 1. The third-order valence-electron chi connectivity index (χ3n) is 1.24. The molecule has 0 rings (SSSR count). The van der Waals surface area contributed by atoms with E-state index >= 15 is 0 Å². The molecule has 0 N–H and O–H groups in total. The average molecular weight is 130 g/mol. The predicted molar refractivity (Wildman–Crippen MR) is 36.3 cm³/mol. The molecule has 40 valence electrons. The van der Waals surface area contributed by atoms with Crippen LogP contribution in [0, 0.1) is 0 Å². The average Bonchev–Trinajstić information content (AvgIpc) is 1.72. The van der Waals surface area contributed by atoms with Crippen LogP contribution in [0.5, 0.6) is 0 Å². The Morgan fingerprint density at radius 2 is 1.86 bits per heavy atom. The van der Waals surface area contributed by atoms with Gasteiger partial charge in [-0.15, -0.1) is 0 Å². The molecule has 0 aliphatic carbocycles. The molecule has 7 heavy (non-hydrogen) atoms. The fourth-order valence-electron chi connectivity index (χ4n) is 0.622. The van der Waals surface area contributed by atoms with Crippen molar-refractivity contribution in [3.8, 4) is 0 Å². The van der Waals surface area contributed by atoms with E-state index < -0.39 is 14.5 Å². The van der Waals surface area contributed by atoms with Crippen LogP contribution < -0.4 is 0 Å². The third kappa shape index (κ3) is 3.59. The van der Waals surface area contributed by atoms with Crippen molar-refractivity contribution in [2.24, 2.45) is 0 Å². The molecular weight excluding hydrogens is 118 g/mol. The first-order valence-electron chi connectivity index (χ1n) is 2.87. The summed E-state index contributed by atoms with van der Waals surface area (Å²) in [5.74, 6) is 0. The maximum Gasteiger partial charge on any atom is 0.429 e. The fourth-order valence-corrected chi connectivity index (χ4v) is 3.87. The topological polar surface area (TPSA) is 9.23 Å². The van der Waals surface area contributed by atoms with Gasteiger partial charge in [0.1, 0.15) is 0 Å². The van der Waals surface area contributed by atoms with Gasteiger partial charge in [0.2, 0.25) is 0 Å². The second kappa shape index (κ2) is 5.17. The van der Waals surface area contributed by atoms with Crippen molar-refractivity contribution in [3.63, 3.8) is 0 Å². The van der Waals surface area contributed by atoms with Crippen LogP contribution in [0.3, 0.4) is 0 Å². The normalized spacial score (nSPS) is 8.86. The molecule has 0 aliphatic rings. The van der Waals surface area contributed by atoms with E-state index in [1.165, 1.54) is 10.6 Å². The van der Waals surface area contributed by atoms with Gasteiger partial charge < -0.3 is 2.84 Å². The Bertz CT molecular complexity index is 31.2. The molecule has 1 nitrogen and oxygen atoms in total. The van der Waals surface area contributed by atoms with E-state index in [0.717, 1.165) is 16.6 Å². The van der Waals surface area contributed by atoms with Gasteiger partial charge in [0, 0.05) is 0 Å². The zero-order valence-corrected chi connectivity index (χ0v) is 8.55. The summed E-state index contributed by atoms with van der Waals surface area (Å²) in [4.78, 5) is 0. The van der Waals surface area contributed by atoms with Gasteiger partial charge in [-0.25, -0.2) is 0 Å². The first kappa shape index (κ1) is 8.02. The van der Waals surface area contributed by atoms with Crippen LogP contribution in [0.1, 0.15) is 13.8 Å². The van der Waals surface area contributed by atoms with E-state index in [4.69, 9.17) is 2.84 Å². The highest BCUT2D eigenvalue weighted by Crippen LogP contribution is 1.95.